The van der Waals surface area contributed by atoms with Gasteiger partial charge in [0.25, 0.3) is 6.08 Å². The highest BCUT2D eigenvalue weighted by molar-refractivity contribution is 6.24. The maximum Gasteiger partial charge on any atom is 0.331 e. The van der Waals surface area contributed by atoms with Crippen LogP contribution in [0, 0.1) is 0 Å². The lowest BCUT2D eigenvalue weighted by Gasteiger charge is -1.97. The number of carboxylic acids is 1. The van der Waals surface area contributed by atoms with Crippen LogP contribution in [-0.4, -0.2) is 16.5 Å². The number of aliphatic carboxylic acids is 1. The van der Waals surface area contributed by atoms with Gasteiger partial charge in [-0.2, -0.15) is 8.78 Å². The summed E-state index contributed by atoms with van der Waals surface area (Å²) < 4.78 is 24.0. The number of carboxylic acid groups (broad SMARTS) is 1. The van der Waals surface area contributed by atoms with Crippen molar-refractivity contribution >= 4 is 17.6 Å². The first-order valence-electron chi connectivity index (χ1n) is 3.14. The zero-order valence-corrected chi connectivity index (χ0v) is 6.61. The predicted octanol–water partition coefficient (Wildman–Crippen LogP) is 2.16. The average Bonchev–Trinajstić information content (AvgIpc) is 2.30. The number of hydrogen-bond acceptors (Lipinski definition) is 1. The van der Waals surface area contributed by atoms with Crippen molar-refractivity contribution in [1.29, 1.82) is 0 Å². The monoisotopic (exact) mass is 194 g/mol. The van der Waals surface area contributed by atoms with Crippen molar-refractivity contribution in [3.63, 3.8) is 0 Å². The van der Waals surface area contributed by atoms with Gasteiger partial charge in [-0.3, -0.25) is 0 Å². The molecule has 0 heterocycles. The van der Waals surface area contributed by atoms with Gasteiger partial charge >= 0.3 is 5.97 Å². The highest BCUT2D eigenvalue weighted by atomic mass is 35.5. The summed E-state index contributed by atoms with van der Waals surface area (Å²) >= 11 is 5.43. The Kier molecular flexibility index (Phi) is 2.47. The van der Waals surface area contributed by atoms with Crippen molar-refractivity contribution in [2.45, 2.75) is 11.8 Å². The van der Waals surface area contributed by atoms with Gasteiger partial charge in [0.05, 0.1) is 5.38 Å². The van der Waals surface area contributed by atoms with Crippen LogP contribution in [0.15, 0.2) is 23.3 Å². The van der Waals surface area contributed by atoms with E-state index < -0.39 is 17.4 Å². The number of halogens is 3. The van der Waals surface area contributed by atoms with E-state index in [2.05, 4.69) is 0 Å². The molecule has 0 aromatic carbocycles. The second-order valence-corrected chi connectivity index (χ2v) is 2.83. The summed E-state index contributed by atoms with van der Waals surface area (Å²) in [5, 5.41) is 7.46. The quantitative estimate of drug-likeness (QED) is 0.650. The van der Waals surface area contributed by atoms with E-state index in [0.717, 1.165) is 6.08 Å². The van der Waals surface area contributed by atoms with Gasteiger partial charge in [-0.25, -0.2) is 4.79 Å². The fourth-order valence-corrected chi connectivity index (χ4v) is 1.27. The first-order valence-corrected chi connectivity index (χ1v) is 3.58. The predicted molar refractivity (Wildman–Crippen MR) is 39.2 cm³/mol. The molecule has 0 saturated heterocycles. The van der Waals surface area contributed by atoms with E-state index in [1.54, 1.807) is 0 Å². The Balaban J connectivity index is 2.88. The maximum atomic E-state index is 12.0. The summed E-state index contributed by atoms with van der Waals surface area (Å²) in [4.78, 5) is 10.3. The molecule has 0 unspecified atom stereocenters. The second kappa shape index (κ2) is 3.23. The van der Waals surface area contributed by atoms with Crippen molar-refractivity contribution in [2.24, 2.45) is 0 Å². The summed E-state index contributed by atoms with van der Waals surface area (Å²) in [6.07, 6.45) is -1.02. The lowest BCUT2D eigenvalue weighted by molar-refractivity contribution is -0.132. The van der Waals surface area contributed by atoms with Gasteiger partial charge in [0.1, 0.15) is 0 Å². The van der Waals surface area contributed by atoms with Gasteiger partial charge < -0.3 is 5.11 Å². The fraction of sp³-hybridized carbons (Fsp3) is 0.286. The molecule has 12 heavy (non-hydrogen) atoms. The lowest BCUT2D eigenvalue weighted by atomic mass is 10.2. The van der Waals surface area contributed by atoms with Gasteiger partial charge in [0.15, 0.2) is 0 Å². The minimum atomic E-state index is -1.89. The topological polar surface area (TPSA) is 37.3 Å². The van der Waals surface area contributed by atoms with Gasteiger partial charge in [0, 0.05) is 17.6 Å². The highest BCUT2D eigenvalue weighted by Crippen LogP contribution is 2.32. The van der Waals surface area contributed by atoms with Gasteiger partial charge in [-0.15, -0.1) is 11.6 Å². The summed E-state index contributed by atoms with van der Waals surface area (Å²) in [6, 6.07) is 0. The van der Waals surface area contributed by atoms with Crippen LogP contribution in [0.3, 0.4) is 0 Å². The number of alkyl halides is 1. The Morgan fingerprint density at radius 1 is 1.67 bits per heavy atom. The molecule has 0 aliphatic heterocycles. The largest absolute Gasteiger partial charge is 0.478 e. The van der Waals surface area contributed by atoms with E-state index in [0.29, 0.717) is 0 Å². The Labute approximate surface area is 72.1 Å². The van der Waals surface area contributed by atoms with Crippen LogP contribution in [-0.2, 0) is 4.79 Å². The van der Waals surface area contributed by atoms with Crippen LogP contribution in [0.2, 0.25) is 0 Å². The third-order valence-electron chi connectivity index (χ3n) is 1.58. The van der Waals surface area contributed by atoms with Crippen LogP contribution in [0.4, 0.5) is 8.78 Å². The van der Waals surface area contributed by atoms with E-state index in [-0.39, 0.29) is 17.6 Å². The molecule has 66 valence electrons. The molecule has 0 radical (unpaired) electrons. The average molecular weight is 195 g/mol. The molecule has 0 spiro atoms. The summed E-state index contributed by atoms with van der Waals surface area (Å²) in [6.45, 7) is 0. The third kappa shape index (κ3) is 1.64. The number of allylic oxidation sites excluding steroid dienone is 2. The van der Waals surface area contributed by atoms with Crippen LogP contribution >= 0.6 is 11.6 Å². The Morgan fingerprint density at radius 2 is 2.25 bits per heavy atom. The van der Waals surface area contributed by atoms with Crippen molar-refractivity contribution in [3.8, 4) is 0 Å². The Hall–Kier alpha value is -0.900. The Bertz CT molecular complexity index is 279. The zero-order chi connectivity index (χ0) is 9.30. The lowest BCUT2D eigenvalue weighted by Crippen LogP contribution is -1.97. The molecule has 0 aromatic heterocycles. The molecule has 0 amide bonds. The molecule has 0 saturated carbocycles. The minimum absolute atomic E-state index is 0.0715. The van der Waals surface area contributed by atoms with Gasteiger partial charge in [-0.05, 0) is 0 Å². The second-order valence-electron chi connectivity index (χ2n) is 2.36. The van der Waals surface area contributed by atoms with Crippen LogP contribution in [0.1, 0.15) is 6.42 Å². The molecule has 0 bridgehead atoms. The summed E-state index contributed by atoms with van der Waals surface area (Å²) in [5.74, 6) is -1.20. The third-order valence-corrected chi connectivity index (χ3v) is 1.97. The van der Waals surface area contributed by atoms with E-state index in [9.17, 15) is 13.6 Å². The number of rotatable bonds is 1. The highest BCUT2D eigenvalue weighted by Gasteiger charge is 2.26. The fourth-order valence-electron chi connectivity index (χ4n) is 0.957. The number of hydrogen-bond donors (Lipinski definition) is 1. The normalized spacial score (nSPS) is 22.4. The van der Waals surface area contributed by atoms with Gasteiger partial charge in [-0.1, -0.05) is 6.08 Å². The molecule has 1 aliphatic rings. The van der Waals surface area contributed by atoms with Crippen LogP contribution < -0.4 is 0 Å². The molecule has 1 rings (SSSR count). The van der Waals surface area contributed by atoms with Crippen LogP contribution in [0.25, 0.3) is 0 Å². The van der Waals surface area contributed by atoms with E-state index in [1.807, 2.05) is 0 Å². The Morgan fingerprint density at radius 3 is 2.50 bits per heavy atom. The molecule has 1 N–H and O–H groups in total. The molecular formula is C7H5ClF2O2. The molecule has 0 aromatic rings. The molecule has 1 aliphatic carbocycles. The first kappa shape index (κ1) is 9.19. The molecule has 1 atom stereocenters. The minimum Gasteiger partial charge on any atom is -0.478 e. The molecule has 0 fully saturated rings. The maximum absolute atomic E-state index is 12.0. The van der Waals surface area contributed by atoms with Gasteiger partial charge in [0.2, 0.25) is 0 Å². The summed E-state index contributed by atoms with van der Waals surface area (Å²) in [7, 11) is 0. The van der Waals surface area contributed by atoms with Crippen molar-refractivity contribution in [1.82, 2.24) is 0 Å². The van der Waals surface area contributed by atoms with E-state index in [4.69, 9.17) is 16.7 Å². The molecule has 2 nitrogen and oxygen atoms in total. The first-order chi connectivity index (χ1) is 5.52. The zero-order valence-electron chi connectivity index (χ0n) is 5.85. The van der Waals surface area contributed by atoms with Crippen molar-refractivity contribution < 1.29 is 18.7 Å². The molecular weight excluding hydrogens is 190 g/mol. The van der Waals surface area contributed by atoms with Crippen molar-refractivity contribution in [2.75, 3.05) is 0 Å². The smallest absolute Gasteiger partial charge is 0.331 e. The van der Waals surface area contributed by atoms with E-state index in [1.165, 1.54) is 0 Å². The SMILES string of the molecule is O=C(O)C1=C[C@H](Cl)C(=C(F)F)C1. The standard InChI is InChI=1S/C7H5ClF2O2/c8-5-2-3(7(11)12)1-4(5)6(9)10/h2,5H,1H2,(H,11,12)/t5-/m0/s1. The summed E-state index contributed by atoms with van der Waals surface area (Å²) in [5.41, 5.74) is -0.383. The number of carbonyl (C=O) groups is 1. The van der Waals surface area contributed by atoms with Crippen molar-refractivity contribution in [3.05, 3.63) is 23.3 Å². The van der Waals surface area contributed by atoms with Crippen LogP contribution in [0.5, 0.6) is 0 Å². The molecule has 5 heteroatoms. The van der Waals surface area contributed by atoms with E-state index >= 15 is 0 Å².